The van der Waals surface area contributed by atoms with E-state index < -0.39 is 5.91 Å². The van der Waals surface area contributed by atoms with Crippen LogP contribution in [0, 0.1) is 5.92 Å². The van der Waals surface area contributed by atoms with Gasteiger partial charge in [-0.1, -0.05) is 26.0 Å². The topological polar surface area (TPSA) is 108 Å². The third-order valence-electron chi connectivity index (χ3n) is 4.51. The molecule has 7 heteroatoms. The van der Waals surface area contributed by atoms with E-state index in [1.54, 1.807) is 31.3 Å². The fourth-order valence-corrected chi connectivity index (χ4v) is 2.52. The number of aromatic nitrogens is 1. The maximum atomic E-state index is 12.4. The molecule has 7 nitrogen and oxygen atoms in total. The number of hydrogen-bond acceptors (Lipinski definition) is 4. The third-order valence-corrected chi connectivity index (χ3v) is 4.51. The molecule has 0 aliphatic carbocycles. The molecule has 0 radical (unpaired) electrons. The molecule has 0 saturated carbocycles. The standard InChI is InChI=1S/C19H26N4O3/c1-12(2)15(20)8-9-23(3)17(24)11-22-19(26)14-10-21-16-7-5-4-6-13(16)18(14)25/h4-7,10,12,15H,8-9,11,20H2,1-3H3,(H,21,25)(H,22,26). The number of H-pyrrole nitrogens is 1. The van der Waals surface area contributed by atoms with E-state index in [0.717, 1.165) is 0 Å². The number of carbonyl (C=O) groups excluding carboxylic acids is 2. The van der Waals surface area contributed by atoms with Crippen molar-refractivity contribution in [3.63, 3.8) is 0 Å². The lowest BCUT2D eigenvalue weighted by atomic mass is 10.0. The van der Waals surface area contributed by atoms with Crippen LogP contribution < -0.4 is 16.5 Å². The first-order chi connectivity index (χ1) is 12.3. The van der Waals surface area contributed by atoms with Crippen molar-refractivity contribution >= 4 is 22.7 Å². The molecule has 1 unspecified atom stereocenters. The highest BCUT2D eigenvalue weighted by Crippen LogP contribution is 2.07. The van der Waals surface area contributed by atoms with Gasteiger partial charge in [0.15, 0.2) is 0 Å². The van der Waals surface area contributed by atoms with Crippen molar-refractivity contribution in [3.8, 4) is 0 Å². The number of para-hydroxylation sites is 1. The van der Waals surface area contributed by atoms with E-state index in [1.165, 1.54) is 11.1 Å². The molecule has 140 valence electrons. The largest absolute Gasteiger partial charge is 0.360 e. The molecule has 2 amide bonds. The second kappa shape index (κ2) is 8.62. The van der Waals surface area contributed by atoms with E-state index in [9.17, 15) is 14.4 Å². The van der Waals surface area contributed by atoms with Crippen molar-refractivity contribution in [3.05, 3.63) is 46.2 Å². The lowest BCUT2D eigenvalue weighted by Gasteiger charge is -2.21. The number of amides is 2. The van der Waals surface area contributed by atoms with Crippen LogP contribution in [0.15, 0.2) is 35.3 Å². The first kappa shape index (κ1) is 19.7. The van der Waals surface area contributed by atoms with Gasteiger partial charge in [-0.2, -0.15) is 0 Å². The number of hydrogen-bond donors (Lipinski definition) is 3. The zero-order valence-electron chi connectivity index (χ0n) is 15.4. The highest BCUT2D eigenvalue weighted by Gasteiger charge is 2.16. The molecule has 0 aliphatic rings. The van der Waals surface area contributed by atoms with Gasteiger partial charge in [0.05, 0.1) is 6.54 Å². The van der Waals surface area contributed by atoms with Crippen LogP contribution in [0.4, 0.5) is 0 Å². The lowest BCUT2D eigenvalue weighted by molar-refractivity contribution is -0.128. The number of pyridine rings is 1. The molecule has 0 aliphatic heterocycles. The number of benzene rings is 1. The Hall–Kier alpha value is -2.67. The lowest BCUT2D eigenvalue weighted by Crippen LogP contribution is -2.41. The SMILES string of the molecule is CC(C)C(N)CCN(C)C(=O)CNC(=O)c1c[nH]c2ccccc2c1=O. The van der Waals surface area contributed by atoms with E-state index in [-0.39, 0.29) is 29.5 Å². The number of carbonyl (C=O) groups is 2. The summed E-state index contributed by atoms with van der Waals surface area (Å²) in [5.41, 5.74) is 6.26. The molecule has 26 heavy (non-hydrogen) atoms. The van der Waals surface area contributed by atoms with Crippen LogP contribution in [0.1, 0.15) is 30.6 Å². The second-order valence-electron chi connectivity index (χ2n) is 6.77. The summed E-state index contributed by atoms with van der Waals surface area (Å²) >= 11 is 0. The number of fused-ring (bicyclic) bond motifs is 1. The fourth-order valence-electron chi connectivity index (χ4n) is 2.52. The van der Waals surface area contributed by atoms with Crippen molar-refractivity contribution in [1.29, 1.82) is 0 Å². The molecule has 1 atom stereocenters. The Morgan fingerprint density at radius 3 is 2.65 bits per heavy atom. The van der Waals surface area contributed by atoms with Crippen molar-refractivity contribution < 1.29 is 9.59 Å². The van der Waals surface area contributed by atoms with E-state index in [4.69, 9.17) is 5.73 Å². The van der Waals surface area contributed by atoms with Gasteiger partial charge in [-0.05, 0) is 24.5 Å². The number of nitrogens with two attached hydrogens (primary N) is 1. The predicted molar refractivity (Wildman–Crippen MR) is 102 cm³/mol. The van der Waals surface area contributed by atoms with E-state index in [2.05, 4.69) is 10.3 Å². The Morgan fingerprint density at radius 2 is 1.96 bits per heavy atom. The number of rotatable bonds is 7. The van der Waals surface area contributed by atoms with Gasteiger partial charge >= 0.3 is 0 Å². The van der Waals surface area contributed by atoms with Crippen molar-refractivity contribution in [2.45, 2.75) is 26.3 Å². The van der Waals surface area contributed by atoms with Crippen molar-refractivity contribution in [1.82, 2.24) is 15.2 Å². The molecule has 0 bridgehead atoms. The fraction of sp³-hybridized carbons (Fsp3) is 0.421. The van der Waals surface area contributed by atoms with E-state index in [0.29, 0.717) is 29.8 Å². The summed E-state index contributed by atoms with van der Waals surface area (Å²) in [6.07, 6.45) is 2.06. The first-order valence-corrected chi connectivity index (χ1v) is 8.69. The van der Waals surface area contributed by atoms with Crippen molar-refractivity contribution in [2.75, 3.05) is 20.1 Å². The summed E-state index contributed by atoms with van der Waals surface area (Å²) in [5.74, 6) is -0.456. The smallest absolute Gasteiger partial charge is 0.257 e. The summed E-state index contributed by atoms with van der Waals surface area (Å²) in [4.78, 5) is 41.3. The minimum Gasteiger partial charge on any atom is -0.360 e. The van der Waals surface area contributed by atoms with Gasteiger partial charge in [0, 0.05) is 36.7 Å². The van der Waals surface area contributed by atoms with Gasteiger partial charge in [0.25, 0.3) is 5.91 Å². The minimum absolute atomic E-state index is 0.0130. The summed E-state index contributed by atoms with van der Waals surface area (Å²) in [7, 11) is 1.67. The van der Waals surface area contributed by atoms with Gasteiger partial charge in [0.1, 0.15) is 5.56 Å². The zero-order valence-corrected chi connectivity index (χ0v) is 15.4. The Morgan fingerprint density at radius 1 is 1.27 bits per heavy atom. The predicted octanol–water partition coefficient (Wildman–Crippen LogP) is 1.09. The molecular weight excluding hydrogens is 332 g/mol. The van der Waals surface area contributed by atoms with Crippen molar-refractivity contribution in [2.24, 2.45) is 11.7 Å². The van der Waals surface area contributed by atoms with Gasteiger partial charge in [-0.25, -0.2) is 0 Å². The minimum atomic E-state index is -0.572. The molecular formula is C19H26N4O3. The van der Waals surface area contributed by atoms with Crippen LogP contribution in [0.2, 0.25) is 0 Å². The number of nitrogens with zero attached hydrogens (tertiary/aromatic N) is 1. The van der Waals surface area contributed by atoms with Gasteiger partial charge in [0.2, 0.25) is 11.3 Å². The Bertz CT molecular complexity index is 844. The second-order valence-corrected chi connectivity index (χ2v) is 6.77. The first-order valence-electron chi connectivity index (χ1n) is 8.69. The normalized spacial score (nSPS) is 12.2. The Balaban J connectivity index is 1.95. The van der Waals surface area contributed by atoms with Crippen LogP contribution in [0.3, 0.4) is 0 Å². The van der Waals surface area contributed by atoms with Gasteiger partial charge in [-0.15, -0.1) is 0 Å². The molecule has 2 rings (SSSR count). The monoisotopic (exact) mass is 358 g/mol. The maximum Gasteiger partial charge on any atom is 0.257 e. The average Bonchev–Trinajstić information content (AvgIpc) is 2.63. The highest BCUT2D eigenvalue weighted by atomic mass is 16.2. The number of aromatic amines is 1. The molecule has 4 N–H and O–H groups in total. The van der Waals surface area contributed by atoms with Gasteiger partial charge < -0.3 is 20.9 Å². The Labute approximate surface area is 152 Å². The summed E-state index contributed by atoms with van der Waals surface area (Å²) in [5, 5.41) is 2.95. The molecule has 2 aromatic rings. The van der Waals surface area contributed by atoms with E-state index in [1.807, 2.05) is 13.8 Å². The molecule has 0 spiro atoms. The summed E-state index contributed by atoms with van der Waals surface area (Å²) in [6.45, 7) is 4.42. The average molecular weight is 358 g/mol. The van der Waals surface area contributed by atoms with Crippen LogP contribution >= 0.6 is 0 Å². The molecule has 1 heterocycles. The summed E-state index contributed by atoms with van der Waals surface area (Å²) in [6, 6.07) is 6.98. The third kappa shape index (κ3) is 4.70. The zero-order chi connectivity index (χ0) is 19.3. The van der Waals surface area contributed by atoms with Crippen LogP contribution in [0.25, 0.3) is 10.9 Å². The number of likely N-dealkylation sites (N-methyl/N-ethyl adjacent to an activating group) is 1. The molecule has 0 saturated heterocycles. The van der Waals surface area contributed by atoms with Crippen LogP contribution in [-0.2, 0) is 4.79 Å². The Kier molecular flexibility index (Phi) is 6.52. The number of nitrogens with one attached hydrogen (secondary N) is 2. The molecule has 0 fully saturated rings. The maximum absolute atomic E-state index is 12.4. The van der Waals surface area contributed by atoms with E-state index >= 15 is 0 Å². The molecule has 1 aromatic heterocycles. The van der Waals surface area contributed by atoms with Gasteiger partial charge in [-0.3, -0.25) is 14.4 Å². The quantitative estimate of drug-likeness (QED) is 0.688. The summed E-state index contributed by atoms with van der Waals surface area (Å²) < 4.78 is 0. The van der Waals surface area contributed by atoms with Crippen LogP contribution in [0.5, 0.6) is 0 Å². The highest BCUT2D eigenvalue weighted by molar-refractivity contribution is 5.98. The molecule has 1 aromatic carbocycles. The van der Waals surface area contributed by atoms with Crippen LogP contribution in [-0.4, -0.2) is 47.9 Å².